The molecule has 1 aliphatic heterocycles. The molecule has 1 fully saturated rings. The van der Waals surface area contributed by atoms with E-state index in [1.807, 2.05) is 41.3 Å². The summed E-state index contributed by atoms with van der Waals surface area (Å²) in [5.74, 6) is 0.408. The number of carbonyl (C=O) groups excluding carboxylic acids is 1. The lowest BCUT2D eigenvalue weighted by atomic mass is 10.0. The van der Waals surface area contributed by atoms with Gasteiger partial charge in [-0.1, -0.05) is 78.4 Å². The van der Waals surface area contributed by atoms with Crippen LogP contribution < -0.4 is 0 Å². The molecule has 1 atom stereocenters. The number of amides is 1. The van der Waals surface area contributed by atoms with Crippen LogP contribution in [0.4, 0.5) is 0 Å². The molecule has 0 aliphatic carbocycles. The molecule has 2 heterocycles. The van der Waals surface area contributed by atoms with E-state index in [1.165, 1.54) is 16.7 Å². The van der Waals surface area contributed by atoms with Crippen LogP contribution in [0.2, 0.25) is 0 Å². The van der Waals surface area contributed by atoms with E-state index in [0.29, 0.717) is 18.8 Å². The van der Waals surface area contributed by atoms with Crippen molar-refractivity contribution in [2.45, 2.75) is 25.9 Å². The quantitative estimate of drug-likeness (QED) is 0.436. The van der Waals surface area contributed by atoms with Gasteiger partial charge in [0.2, 0.25) is 0 Å². The summed E-state index contributed by atoms with van der Waals surface area (Å²) in [4.78, 5) is 17.8. The predicted molar refractivity (Wildman–Crippen MR) is 128 cm³/mol. The number of para-hydroxylation sites is 1. The van der Waals surface area contributed by atoms with E-state index in [1.54, 1.807) is 0 Å². The third kappa shape index (κ3) is 4.46. The van der Waals surface area contributed by atoms with Gasteiger partial charge in [-0.2, -0.15) is 0 Å². The number of hydrogen-bond acceptors (Lipinski definition) is 3. The van der Waals surface area contributed by atoms with Crippen molar-refractivity contribution in [3.05, 3.63) is 107 Å². The second-order valence-electron chi connectivity index (χ2n) is 8.70. The molecule has 4 nitrogen and oxygen atoms in total. The molecule has 0 bridgehead atoms. The predicted octanol–water partition coefficient (Wildman–Crippen LogP) is 5.31. The number of nitrogens with zero attached hydrogens (tertiary/aromatic N) is 2. The van der Waals surface area contributed by atoms with Crippen molar-refractivity contribution in [3.8, 4) is 0 Å². The van der Waals surface area contributed by atoms with Gasteiger partial charge < -0.3 is 9.32 Å². The van der Waals surface area contributed by atoms with Gasteiger partial charge in [0.05, 0.1) is 0 Å². The topological polar surface area (TPSA) is 36.7 Å². The van der Waals surface area contributed by atoms with E-state index in [-0.39, 0.29) is 11.9 Å². The zero-order chi connectivity index (χ0) is 21.9. The van der Waals surface area contributed by atoms with Gasteiger partial charge in [0.15, 0.2) is 5.76 Å². The number of piperazine rings is 1. The number of aryl methyl sites for hydroxylation is 1. The SMILES string of the molecule is Cc1ccc(CN2CCN(C(=O)c3cc4ccccc4o3)C[C@@H]2Cc2ccccc2)cc1. The van der Waals surface area contributed by atoms with Gasteiger partial charge in [0, 0.05) is 37.6 Å². The van der Waals surface area contributed by atoms with Crippen LogP contribution in [0.15, 0.2) is 89.3 Å². The van der Waals surface area contributed by atoms with Crippen molar-refractivity contribution in [3.63, 3.8) is 0 Å². The molecule has 1 aromatic heterocycles. The Morgan fingerprint density at radius 3 is 2.44 bits per heavy atom. The smallest absolute Gasteiger partial charge is 0.289 e. The first-order valence-corrected chi connectivity index (χ1v) is 11.3. The molecule has 0 N–H and O–H groups in total. The Bertz CT molecular complexity index is 1160. The fourth-order valence-corrected chi connectivity index (χ4v) is 4.54. The zero-order valence-electron chi connectivity index (χ0n) is 18.4. The number of benzene rings is 3. The third-order valence-electron chi connectivity index (χ3n) is 6.35. The van der Waals surface area contributed by atoms with Gasteiger partial charge in [-0.05, 0) is 36.6 Å². The summed E-state index contributed by atoms with van der Waals surface area (Å²) in [6.45, 7) is 5.25. The molecule has 1 amide bonds. The second-order valence-corrected chi connectivity index (χ2v) is 8.70. The van der Waals surface area contributed by atoms with Gasteiger partial charge in [0.25, 0.3) is 5.91 Å². The molecule has 4 heteroatoms. The Labute approximate surface area is 189 Å². The van der Waals surface area contributed by atoms with Gasteiger partial charge in [-0.25, -0.2) is 0 Å². The Kier molecular flexibility index (Phi) is 5.78. The highest BCUT2D eigenvalue weighted by Gasteiger charge is 2.31. The number of carbonyl (C=O) groups is 1. The summed E-state index contributed by atoms with van der Waals surface area (Å²) in [5, 5.41) is 0.967. The Morgan fingerprint density at radius 2 is 1.66 bits per heavy atom. The molecular weight excluding hydrogens is 396 g/mol. The van der Waals surface area contributed by atoms with E-state index in [9.17, 15) is 4.79 Å². The molecule has 5 rings (SSSR count). The standard InChI is InChI=1S/C28H28N2O2/c1-21-11-13-23(14-12-21)19-29-15-16-30(20-25(29)17-22-7-3-2-4-8-22)28(31)27-18-24-9-5-6-10-26(24)32-27/h2-14,18,25H,15-17,19-20H2,1H3/t25-/m0/s1. The van der Waals surface area contributed by atoms with E-state index in [0.717, 1.165) is 30.5 Å². The summed E-state index contributed by atoms with van der Waals surface area (Å²) >= 11 is 0. The van der Waals surface area contributed by atoms with Crippen LogP contribution in [0.3, 0.4) is 0 Å². The van der Waals surface area contributed by atoms with Crippen molar-refractivity contribution < 1.29 is 9.21 Å². The number of rotatable bonds is 5. The Balaban J connectivity index is 1.36. The van der Waals surface area contributed by atoms with E-state index >= 15 is 0 Å². The lowest BCUT2D eigenvalue weighted by Gasteiger charge is -2.41. The van der Waals surface area contributed by atoms with E-state index in [4.69, 9.17) is 4.42 Å². The molecular formula is C28H28N2O2. The summed E-state index contributed by atoms with van der Waals surface area (Å²) in [6, 6.07) is 29.2. The van der Waals surface area contributed by atoms with Crippen molar-refractivity contribution in [1.29, 1.82) is 0 Å². The van der Waals surface area contributed by atoms with Crippen LogP contribution in [0.25, 0.3) is 11.0 Å². The molecule has 4 aromatic rings. The van der Waals surface area contributed by atoms with Crippen LogP contribution in [0.5, 0.6) is 0 Å². The van der Waals surface area contributed by atoms with Crippen LogP contribution in [-0.2, 0) is 13.0 Å². The monoisotopic (exact) mass is 424 g/mol. The highest BCUT2D eigenvalue weighted by Crippen LogP contribution is 2.23. The average Bonchev–Trinajstić information content (AvgIpc) is 3.26. The van der Waals surface area contributed by atoms with Gasteiger partial charge in [-0.15, -0.1) is 0 Å². The maximum atomic E-state index is 13.3. The fraction of sp³-hybridized carbons (Fsp3) is 0.250. The summed E-state index contributed by atoms with van der Waals surface area (Å²) in [5.41, 5.74) is 4.64. The van der Waals surface area contributed by atoms with Crippen molar-refractivity contribution in [1.82, 2.24) is 9.80 Å². The molecule has 0 saturated carbocycles. The Morgan fingerprint density at radius 1 is 0.906 bits per heavy atom. The van der Waals surface area contributed by atoms with Crippen LogP contribution in [0.1, 0.15) is 27.2 Å². The molecule has 0 unspecified atom stereocenters. The minimum Gasteiger partial charge on any atom is -0.451 e. The molecule has 1 aliphatic rings. The number of furan rings is 1. The normalized spacial score (nSPS) is 17.0. The molecule has 32 heavy (non-hydrogen) atoms. The minimum atomic E-state index is -0.0192. The van der Waals surface area contributed by atoms with E-state index < -0.39 is 0 Å². The summed E-state index contributed by atoms with van der Waals surface area (Å²) in [7, 11) is 0. The van der Waals surface area contributed by atoms with Crippen molar-refractivity contribution in [2.24, 2.45) is 0 Å². The Hall–Kier alpha value is -3.37. The van der Waals surface area contributed by atoms with Gasteiger partial charge >= 0.3 is 0 Å². The van der Waals surface area contributed by atoms with Crippen LogP contribution >= 0.6 is 0 Å². The van der Waals surface area contributed by atoms with Crippen molar-refractivity contribution in [2.75, 3.05) is 19.6 Å². The highest BCUT2D eigenvalue weighted by molar-refractivity contribution is 5.96. The maximum Gasteiger partial charge on any atom is 0.289 e. The lowest BCUT2D eigenvalue weighted by Crippen LogP contribution is -2.55. The first kappa shape index (κ1) is 20.5. The second kappa shape index (κ2) is 9.01. The highest BCUT2D eigenvalue weighted by atomic mass is 16.3. The maximum absolute atomic E-state index is 13.3. The van der Waals surface area contributed by atoms with Gasteiger partial charge in [-0.3, -0.25) is 9.69 Å². The van der Waals surface area contributed by atoms with Crippen molar-refractivity contribution >= 4 is 16.9 Å². The molecule has 0 radical (unpaired) electrons. The molecule has 162 valence electrons. The molecule has 3 aromatic carbocycles. The first-order valence-electron chi connectivity index (χ1n) is 11.3. The fourth-order valence-electron chi connectivity index (χ4n) is 4.54. The zero-order valence-corrected chi connectivity index (χ0v) is 18.4. The number of fused-ring (bicyclic) bond motifs is 1. The summed E-state index contributed by atoms with van der Waals surface area (Å²) in [6.07, 6.45) is 0.913. The van der Waals surface area contributed by atoms with Gasteiger partial charge in [0.1, 0.15) is 5.58 Å². The minimum absolute atomic E-state index is 0.0192. The first-order chi connectivity index (χ1) is 15.7. The van der Waals surface area contributed by atoms with E-state index in [2.05, 4.69) is 60.4 Å². The summed E-state index contributed by atoms with van der Waals surface area (Å²) < 4.78 is 5.87. The molecule has 0 spiro atoms. The third-order valence-corrected chi connectivity index (χ3v) is 6.35. The molecule has 1 saturated heterocycles. The van der Waals surface area contributed by atoms with Crippen LogP contribution in [-0.4, -0.2) is 41.4 Å². The van der Waals surface area contributed by atoms with Crippen LogP contribution in [0, 0.1) is 6.92 Å². The lowest BCUT2D eigenvalue weighted by molar-refractivity contribution is 0.0435. The number of hydrogen-bond donors (Lipinski definition) is 0. The largest absolute Gasteiger partial charge is 0.451 e. The average molecular weight is 425 g/mol.